The molecule has 3 rings (SSSR count). The van der Waals surface area contributed by atoms with Gasteiger partial charge in [0.2, 0.25) is 5.91 Å². The number of nitrogens with zero attached hydrogens (tertiary/aromatic N) is 2. The molecule has 1 atom stereocenters. The number of benzene rings is 2. The summed E-state index contributed by atoms with van der Waals surface area (Å²) in [6.07, 6.45) is 1.28. The highest BCUT2D eigenvalue weighted by atomic mass is 35.5. The Morgan fingerprint density at radius 1 is 1.00 bits per heavy atom. The van der Waals surface area contributed by atoms with E-state index in [4.69, 9.17) is 5.73 Å². The van der Waals surface area contributed by atoms with Gasteiger partial charge in [0.15, 0.2) is 0 Å². The molecule has 1 amide bonds. The summed E-state index contributed by atoms with van der Waals surface area (Å²) in [5.41, 5.74) is 9.32. The Kier molecular flexibility index (Phi) is 8.23. The molecular formula is C19H25Cl2N3O. The van der Waals surface area contributed by atoms with E-state index in [-0.39, 0.29) is 36.8 Å². The van der Waals surface area contributed by atoms with Gasteiger partial charge in [-0.15, -0.1) is 24.8 Å². The van der Waals surface area contributed by atoms with Crippen LogP contribution in [-0.4, -0.2) is 26.0 Å². The van der Waals surface area contributed by atoms with Crippen molar-refractivity contribution in [1.29, 1.82) is 0 Å². The number of carbonyl (C=O) groups excluding carboxylic acids is 1. The van der Waals surface area contributed by atoms with Gasteiger partial charge in [-0.25, -0.2) is 0 Å². The van der Waals surface area contributed by atoms with E-state index in [1.807, 2.05) is 53.4 Å². The third-order valence-corrected chi connectivity index (χ3v) is 4.38. The molecule has 0 spiro atoms. The van der Waals surface area contributed by atoms with Crippen molar-refractivity contribution in [2.75, 3.05) is 29.9 Å². The fraction of sp³-hybridized carbons (Fsp3) is 0.316. The molecule has 0 saturated heterocycles. The molecule has 1 heterocycles. The lowest BCUT2D eigenvalue weighted by Gasteiger charge is -2.25. The van der Waals surface area contributed by atoms with Gasteiger partial charge < -0.3 is 15.5 Å². The van der Waals surface area contributed by atoms with Crippen molar-refractivity contribution < 1.29 is 4.79 Å². The SMILES string of the molecule is CN1CCCN(C(=O)CC(N)c2ccccc2)c2ccccc21.Cl.Cl. The monoisotopic (exact) mass is 381 g/mol. The molecule has 0 fully saturated rings. The second kappa shape index (κ2) is 9.66. The largest absolute Gasteiger partial charge is 0.373 e. The minimum atomic E-state index is -0.267. The van der Waals surface area contributed by atoms with E-state index in [0.29, 0.717) is 6.42 Å². The van der Waals surface area contributed by atoms with Crippen LogP contribution in [0.15, 0.2) is 54.6 Å². The maximum Gasteiger partial charge on any atom is 0.228 e. The van der Waals surface area contributed by atoms with Crippen LogP contribution in [0.4, 0.5) is 11.4 Å². The lowest BCUT2D eigenvalue weighted by atomic mass is 10.0. The first kappa shape index (κ1) is 21.3. The highest BCUT2D eigenvalue weighted by molar-refractivity contribution is 5.97. The van der Waals surface area contributed by atoms with Crippen LogP contribution in [0.25, 0.3) is 0 Å². The molecule has 0 bridgehead atoms. The Morgan fingerprint density at radius 2 is 1.60 bits per heavy atom. The van der Waals surface area contributed by atoms with Gasteiger partial charge in [0.1, 0.15) is 0 Å². The van der Waals surface area contributed by atoms with Crippen LogP contribution in [0.1, 0.15) is 24.4 Å². The third kappa shape index (κ3) is 4.88. The molecule has 0 saturated carbocycles. The van der Waals surface area contributed by atoms with Gasteiger partial charge >= 0.3 is 0 Å². The van der Waals surface area contributed by atoms with Gasteiger partial charge in [0.25, 0.3) is 0 Å². The fourth-order valence-electron chi connectivity index (χ4n) is 3.10. The van der Waals surface area contributed by atoms with Gasteiger partial charge in [-0.2, -0.15) is 0 Å². The maximum absolute atomic E-state index is 12.8. The second-order valence-corrected chi connectivity index (χ2v) is 6.03. The third-order valence-electron chi connectivity index (χ3n) is 4.38. The van der Waals surface area contributed by atoms with Crippen molar-refractivity contribution >= 4 is 42.1 Å². The predicted octanol–water partition coefficient (Wildman–Crippen LogP) is 3.79. The molecule has 136 valence electrons. The molecule has 25 heavy (non-hydrogen) atoms. The quantitative estimate of drug-likeness (QED) is 0.879. The molecule has 1 unspecified atom stereocenters. The number of halogens is 2. The minimum Gasteiger partial charge on any atom is -0.373 e. The summed E-state index contributed by atoms with van der Waals surface area (Å²) >= 11 is 0. The summed E-state index contributed by atoms with van der Waals surface area (Å²) in [4.78, 5) is 16.9. The number of para-hydroxylation sites is 2. The Hall–Kier alpha value is -1.75. The second-order valence-electron chi connectivity index (χ2n) is 6.03. The zero-order valence-electron chi connectivity index (χ0n) is 14.3. The summed E-state index contributed by atoms with van der Waals surface area (Å²) < 4.78 is 0. The normalized spacial score (nSPS) is 14.5. The minimum absolute atomic E-state index is 0. The van der Waals surface area contributed by atoms with Crippen LogP contribution >= 0.6 is 24.8 Å². The summed E-state index contributed by atoms with van der Waals surface area (Å²) in [6, 6.07) is 17.6. The standard InChI is InChI=1S/C19H23N3O.2ClH/c1-21-12-7-13-22(18-11-6-5-10-17(18)21)19(23)14-16(20)15-8-3-2-4-9-15;;/h2-6,8-11,16H,7,12-14,20H2,1H3;2*1H. The van der Waals surface area contributed by atoms with Crippen LogP contribution in [0.5, 0.6) is 0 Å². The van der Waals surface area contributed by atoms with Crippen LogP contribution in [0, 0.1) is 0 Å². The number of hydrogen-bond acceptors (Lipinski definition) is 3. The van der Waals surface area contributed by atoms with E-state index in [1.165, 1.54) is 0 Å². The predicted molar refractivity (Wildman–Crippen MR) is 109 cm³/mol. The Bertz CT molecular complexity index is 681. The highest BCUT2D eigenvalue weighted by Crippen LogP contribution is 2.32. The summed E-state index contributed by atoms with van der Waals surface area (Å²) in [6.45, 7) is 1.69. The molecule has 4 nitrogen and oxygen atoms in total. The van der Waals surface area contributed by atoms with E-state index < -0.39 is 0 Å². The van der Waals surface area contributed by atoms with Crippen molar-refractivity contribution in [2.45, 2.75) is 18.9 Å². The molecule has 6 heteroatoms. The number of amides is 1. The average Bonchev–Trinajstić information content (AvgIpc) is 2.75. The molecule has 1 aliphatic heterocycles. The van der Waals surface area contributed by atoms with Gasteiger partial charge in [0.05, 0.1) is 11.4 Å². The van der Waals surface area contributed by atoms with Crippen LogP contribution in [0.2, 0.25) is 0 Å². The molecule has 0 aromatic heterocycles. The Morgan fingerprint density at radius 3 is 2.28 bits per heavy atom. The molecule has 1 aliphatic rings. The highest BCUT2D eigenvalue weighted by Gasteiger charge is 2.24. The van der Waals surface area contributed by atoms with E-state index >= 15 is 0 Å². The topological polar surface area (TPSA) is 49.6 Å². The maximum atomic E-state index is 12.8. The summed E-state index contributed by atoms with van der Waals surface area (Å²) in [5, 5.41) is 0. The van der Waals surface area contributed by atoms with Crippen molar-refractivity contribution in [1.82, 2.24) is 0 Å². The van der Waals surface area contributed by atoms with Gasteiger partial charge in [-0.3, -0.25) is 4.79 Å². The number of hydrogen-bond donors (Lipinski definition) is 1. The molecule has 2 aromatic carbocycles. The van der Waals surface area contributed by atoms with E-state index in [2.05, 4.69) is 18.0 Å². The fourth-order valence-corrected chi connectivity index (χ4v) is 3.10. The summed E-state index contributed by atoms with van der Waals surface area (Å²) in [7, 11) is 2.07. The van der Waals surface area contributed by atoms with Gasteiger partial charge in [0, 0.05) is 32.6 Å². The summed E-state index contributed by atoms with van der Waals surface area (Å²) in [5.74, 6) is 0.0871. The Balaban J connectivity index is 0.00000156. The zero-order chi connectivity index (χ0) is 16.2. The first-order valence-corrected chi connectivity index (χ1v) is 8.08. The average molecular weight is 382 g/mol. The lowest BCUT2D eigenvalue weighted by Crippen LogP contribution is -2.33. The van der Waals surface area contributed by atoms with E-state index in [1.54, 1.807) is 0 Å². The molecular weight excluding hydrogens is 357 g/mol. The molecule has 2 aromatic rings. The number of nitrogens with two attached hydrogens (primary N) is 1. The van der Waals surface area contributed by atoms with Crippen molar-refractivity contribution in [3.8, 4) is 0 Å². The van der Waals surface area contributed by atoms with Crippen molar-refractivity contribution in [2.24, 2.45) is 5.73 Å². The number of rotatable bonds is 3. The van der Waals surface area contributed by atoms with E-state index in [9.17, 15) is 4.79 Å². The smallest absolute Gasteiger partial charge is 0.228 e. The first-order chi connectivity index (χ1) is 11.2. The van der Waals surface area contributed by atoms with Crippen LogP contribution in [-0.2, 0) is 4.79 Å². The molecule has 0 radical (unpaired) electrons. The van der Waals surface area contributed by atoms with Crippen molar-refractivity contribution in [3.05, 3.63) is 60.2 Å². The zero-order valence-corrected chi connectivity index (χ0v) is 15.9. The first-order valence-electron chi connectivity index (χ1n) is 8.08. The van der Waals surface area contributed by atoms with E-state index in [0.717, 1.165) is 36.4 Å². The lowest BCUT2D eigenvalue weighted by molar-refractivity contribution is -0.119. The molecule has 0 aliphatic carbocycles. The van der Waals surface area contributed by atoms with Crippen molar-refractivity contribution in [3.63, 3.8) is 0 Å². The Labute approximate surface area is 161 Å². The molecule has 2 N–H and O–H groups in total. The van der Waals surface area contributed by atoms with Gasteiger partial charge in [-0.1, -0.05) is 42.5 Å². The van der Waals surface area contributed by atoms with Gasteiger partial charge in [-0.05, 0) is 24.1 Å². The number of carbonyl (C=O) groups is 1. The number of anilines is 2. The number of fused-ring (bicyclic) bond motifs is 1. The van der Waals surface area contributed by atoms with Crippen LogP contribution in [0.3, 0.4) is 0 Å². The van der Waals surface area contributed by atoms with Crippen LogP contribution < -0.4 is 15.5 Å².